The van der Waals surface area contributed by atoms with Crippen LogP contribution in [0.1, 0.15) is 20.8 Å². The molecular weight excluding hydrogens is 110 g/mol. The summed E-state index contributed by atoms with van der Waals surface area (Å²) >= 11 is 0. The maximum atomic E-state index is 3.63. The van der Waals surface area contributed by atoms with Crippen LogP contribution in [0.15, 0.2) is 12.7 Å². The molecule has 0 spiro atoms. The molecule has 0 saturated carbocycles. The van der Waals surface area contributed by atoms with Gasteiger partial charge in [-0.05, 0) is 12.8 Å². The zero-order valence-electron chi connectivity index (χ0n) is 6.65. The van der Waals surface area contributed by atoms with Crippen LogP contribution in [-0.4, -0.2) is 12.6 Å². The molecule has 1 N–H and O–H groups in total. The van der Waals surface area contributed by atoms with Gasteiger partial charge in [-0.25, -0.2) is 0 Å². The molecule has 1 nitrogen and oxygen atoms in total. The van der Waals surface area contributed by atoms with Crippen molar-refractivity contribution in [3.05, 3.63) is 12.7 Å². The Balaban J connectivity index is 3.26. The summed E-state index contributed by atoms with van der Waals surface area (Å²) in [6.45, 7) is 11.2. The standard InChI is InChI=1S/C8H17N/c1-5-6-9-8(4)7(2)3/h5,7-9H,1,6H2,2-4H3/t8-/m0/s1. The first-order valence-electron chi connectivity index (χ1n) is 3.52. The molecule has 0 aromatic rings. The van der Waals surface area contributed by atoms with Gasteiger partial charge in [0.05, 0.1) is 0 Å². The lowest BCUT2D eigenvalue weighted by Crippen LogP contribution is -2.30. The van der Waals surface area contributed by atoms with Crippen molar-refractivity contribution in [2.45, 2.75) is 26.8 Å². The van der Waals surface area contributed by atoms with E-state index in [1.54, 1.807) is 0 Å². The van der Waals surface area contributed by atoms with Crippen molar-refractivity contribution in [2.24, 2.45) is 5.92 Å². The summed E-state index contributed by atoms with van der Waals surface area (Å²) in [6, 6.07) is 0.600. The van der Waals surface area contributed by atoms with Gasteiger partial charge in [-0.2, -0.15) is 0 Å². The Morgan fingerprint density at radius 2 is 2.00 bits per heavy atom. The average Bonchev–Trinajstić information content (AvgIpc) is 1.82. The highest BCUT2D eigenvalue weighted by molar-refractivity contribution is 4.73. The van der Waals surface area contributed by atoms with Crippen molar-refractivity contribution >= 4 is 0 Å². The predicted molar refractivity (Wildman–Crippen MR) is 42.5 cm³/mol. The molecule has 0 aromatic heterocycles. The minimum Gasteiger partial charge on any atom is -0.311 e. The quantitative estimate of drug-likeness (QED) is 0.568. The molecule has 0 radical (unpaired) electrons. The predicted octanol–water partition coefficient (Wildman–Crippen LogP) is 1.81. The largest absolute Gasteiger partial charge is 0.311 e. The molecule has 9 heavy (non-hydrogen) atoms. The summed E-state index contributed by atoms with van der Waals surface area (Å²) in [5.74, 6) is 0.713. The summed E-state index contributed by atoms with van der Waals surface area (Å²) in [7, 11) is 0. The van der Waals surface area contributed by atoms with Crippen molar-refractivity contribution in [1.29, 1.82) is 0 Å². The second kappa shape index (κ2) is 4.57. The Kier molecular flexibility index (Phi) is 4.41. The van der Waals surface area contributed by atoms with E-state index in [2.05, 4.69) is 32.7 Å². The van der Waals surface area contributed by atoms with E-state index in [-0.39, 0.29) is 0 Å². The summed E-state index contributed by atoms with van der Waals surface area (Å²) in [4.78, 5) is 0. The van der Waals surface area contributed by atoms with E-state index in [0.717, 1.165) is 6.54 Å². The van der Waals surface area contributed by atoms with Crippen molar-refractivity contribution in [2.75, 3.05) is 6.54 Å². The van der Waals surface area contributed by atoms with Crippen LogP contribution in [0.25, 0.3) is 0 Å². The van der Waals surface area contributed by atoms with E-state index in [1.807, 2.05) is 6.08 Å². The maximum Gasteiger partial charge on any atom is 0.0134 e. The number of hydrogen-bond donors (Lipinski definition) is 1. The molecule has 0 unspecified atom stereocenters. The lowest BCUT2D eigenvalue weighted by atomic mass is 10.1. The molecule has 0 bridgehead atoms. The molecule has 0 amide bonds. The SMILES string of the molecule is C=CCN[C@@H](C)C(C)C. The second-order valence-electron chi connectivity index (χ2n) is 2.73. The Labute approximate surface area is 58.2 Å². The van der Waals surface area contributed by atoms with Crippen LogP contribution in [0.2, 0.25) is 0 Å². The average molecular weight is 127 g/mol. The number of rotatable bonds is 4. The van der Waals surface area contributed by atoms with Gasteiger partial charge in [0.25, 0.3) is 0 Å². The Morgan fingerprint density at radius 1 is 1.44 bits per heavy atom. The van der Waals surface area contributed by atoms with Gasteiger partial charge >= 0.3 is 0 Å². The smallest absolute Gasteiger partial charge is 0.0134 e. The van der Waals surface area contributed by atoms with E-state index in [1.165, 1.54) is 0 Å². The highest BCUT2D eigenvalue weighted by atomic mass is 14.9. The van der Waals surface area contributed by atoms with Crippen LogP contribution in [-0.2, 0) is 0 Å². The summed E-state index contributed by atoms with van der Waals surface area (Å²) in [5.41, 5.74) is 0. The van der Waals surface area contributed by atoms with Crippen LogP contribution in [0, 0.1) is 5.92 Å². The van der Waals surface area contributed by atoms with Crippen LogP contribution >= 0.6 is 0 Å². The molecule has 0 heterocycles. The van der Waals surface area contributed by atoms with E-state index in [0.29, 0.717) is 12.0 Å². The lowest BCUT2D eigenvalue weighted by molar-refractivity contribution is 0.445. The van der Waals surface area contributed by atoms with E-state index in [9.17, 15) is 0 Å². The third-order valence-corrected chi connectivity index (χ3v) is 1.58. The van der Waals surface area contributed by atoms with Gasteiger partial charge < -0.3 is 5.32 Å². The first-order chi connectivity index (χ1) is 4.18. The first-order valence-corrected chi connectivity index (χ1v) is 3.52. The topological polar surface area (TPSA) is 12.0 Å². The normalized spacial score (nSPS) is 13.8. The van der Waals surface area contributed by atoms with Crippen molar-refractivity contribution in [3.8, 4) is 0 Å². The lowest BCUT2D eigenvalue weighted by Gasteiger charge is -2.15. The highest BCUT2D eigenvalue weighted by Crippen LogP contribution is 1.98. The van der Waals surface area contributed by atoms with Crippen molar-refractivity contribution in [3.63, 3.8) is 0 Å². The molecule has 1 atom stereocenters. The minimum atomic E-state index is 0.600. The summed E-state index contributed by atoms with van der Waals surface area (Å²) in [5, 5.41) is 3.31. The summed E-state index contributed by atoms with van der Waals surface area (Å²) < 4.78 is 0. The molecule has 1 heteroatoms. The van der Waals surface area contributed by atoms with Gasteiger partial charge in [-0.1, -0.05) is 19.9 Å². The number of nitrogens with one attached hydrogen (secondary N) is 1. The molecule has 0 saturated heterocycles. The summed E-state index contributed by atoms with van der Waals surface area (Å²) in [6.07, 6.45) is 1.89. The molecular formula is C8H17N. The van der Waals surface area contributed by atoms with E-state index >= 15 is 0 Å². The maximum absolute atomic E-state index is 3.63. The molecule has 0 rings (SSSR count). The molecule has 0 aliphatic carbocycles. The fourth-order valence-electron chi connectivity index (χ4n) is 0.505. The zero-order chi connectivity index (χ0) is 7.28. The van der Waals surface area contributed by atoms with E-state index in [4.69, 9.17) is 0 Å². The third-order valence-electron chi connectivity index (χ3n) is 1.58. The van der Waals surface area contributed by atoms with Gasteiger partial charge in [-0.3, -0.25) is 0 Å². The molecule has 54 valence electrons. The number of hydrogen-bond acceptors (Lipinski definition) is 1. The molecule has 0 aromatic carbocycles. The van der Waals surface area contributed by atoms with Crippen molar-refractivity contribution < 1.29 is 0 Å². The highest BCUT2D eigenvalue weighted by Gasteiger charge is 2.02. The first kappa shape index (κ1) is 8.70. The zero-order valence-corrected chi connectivity index (χ0v) is 6.65. The van der Waals surface area contributed by atoms with Crippen LogP contribution in [0.4, 0.5) is 0 Å². The minimum absolute atomic E-state index is 0.600. The van der Waals surface area contributed by atoms with E-state index < -0.39 is 0 Å². The molecule has 0 fully saturated rings. The molecule has 0 aliphatic rings. The fourth-order valence-corrected chi connectivity index (χ4v) is 0.505. The van der Waals surface area contributed by atoms with Crippen LogP contribution < -0.4 is 5.32 Å². The van der Waals surface area contributed by atoms with Gasteiger partial charge in [0.15, 0.2) is 0 Å². The third kappa shape index (κ3) is 4.22. The van der Waals surface area contributed by atoms with Gasteiger partial charge in [-0.15, -0.1) is 6.58 Å². The fraction of sp³-hybridized carbons (Fsp3) is 0.750. The van der Waals surface area contributed by atoms with Crippen molar-refractivity contribution in [1.82, 2.24) is 5.32 Å². The molecule has 0 aliphatic heterocycles. The Morgan fingerprint density at radius 3 is 2.33 bits per heavy atom. The van der Waals surface area contributed by atoms with Gasteiger partial charge in [0.2, 0.25) is 0 Å². The second-order valence-corrected chi connectivity index (χ2v) is 2.73. The van der Waals surface area contributed by atoms with Crippen LogP contribution in [0.5, 0.6) is 0 Å². The monoisotopic (exact) mass is 127 g/mol. The Hall–Kier alpha value is -0.300. The van der Waals surface area contributed by atoms with Gasteiger partial charge in [0.1, 0.15) is 0 Å². The Bertz CT molecular complexity index is 76.6. The van der Waals surface area contributed by atoms with Crippen LogP contribution in [0.3, 0.4) is 0 Å². The van der Waals surface area contributed by atoms with Gasteiger partial charge in [0, 0.05) is 12.6 Å².